The molecule has 2 atom stereocenters. The highest BCUT2D eigenvalue weighted by Gasteiger charge is 2.36. The second kappa shape index (κ2) is 8.96. The summed E-state index contributed by atoms with van der Waals surface area (Å²) < 4.78 is 11.2. The van der Waals surface area contributed by atoms with Crippen LogP contribution in [0.25, 0.3) is 0 Å². The van der Waals surface area contributed by atoms with Crippen molar-refractivity contribution in [1.29, 1.82) is 0 Å². The van der Waals surface area contributed by atoms with Gasteiger partial charge in [-0.05, 0) is 70.6 Å². The van der Waals surface area contributed by atoms with Crippen LogP contribution >= 0.6 is 0 Å². The molecule has 5 heteroatoms. The van der Waals surface area contributed by atoms with E-state index in [4.69, 9.17) is 9.47 Å². The molecule has 1 aromatic rings. The van der Waals surface area contributed by atoms with Crippen LogP contribution in [0.1, 0.15) is 58.4 Å². The number of amides is 2. The molecule has 0 aromatic heterocycles. The summed E-state index contributed by atoms with van der Waals surface area (Å²) in [5, 5.41) is 3.26. The number of nitrogens with one attached hydrogen (secondary N) is 1. The molecule has 2 aliphatic rings. The maximum absolute atomic E-state index is 12.9. The van der Waals surface area contributed by atoms with Gasteiger partial charge in [0.05, 0.1) is 6.61 Å². The van der Waals surface area contributed by atoms with Crippen molar-refractivity contribution in [1.82, 2.24) is 10.2 Å². The summed E-state index contributed by atoms with van der Waals surface area (Å²) in [5.41, 5.74) is 1.19. The van der Waals surface area contributed by atoms with Crippen molar-refractivity contribution in [3.05, 3.63) is 29.8 Å². The lowest BCUT2D eigenvalue weighted by Crippen LogP contribution is -2.54. The Morgan fingerprint density at radius 3 is 2.41 bits per heavy atom. The number of carbonyl (C=O) groups is 1. The standard InChI is InChI=1S/C22H34N2O3/c1-4-27-20-10-8-19(9-11-20)22(12-14-26-15-13-22)16-23-21(25)24-17(2)6-5-7-18(24)3/h8-11,17-18H,4-7,12-16H2,1-3H3,(H,23,25)/t17-,18-/m1/s1. The molecule has 2 fully saturated rings. The molecular formula is C22H34N2O3. The summed E-state index contributed by atoms with van der Waals surface area (Å²) in [6.45, 7) is 9.10. The topological polar surface area (TPSA) is 50.8 Å². The number of piperidine rings is 1. The maximum atomic E-state index is 12.9. The van der Waals surface area contributed by atoms with E-state index < -0.39 is 0 Å². The Morgan fingerprint density at radius 2 is 1.81 bits per heavy atom. The van der Waals surface area contributed by atoms with Crippen LogP contribution in [0.4, 0.5) is 4.79 Å². The average molecular weight is 375 g/mol. The van der Waals surface area contributed by atoms with E-state index in [1.54, 1.807) is 0 Å². The number of hydrogen-bond donors (Lipinski definition) is 1. The number of likely N-dealkylation sites (tertiary alicyclic amines) is 1. The van der Waals surface area contributed by atoms with Gasteiger partial charge in [-0.3, -0.25) is 0 Å². The zero-order chi connectivity index (χ0) is 19.3. The highest BCUT2D eigenvalue weighted by atomic mass is 16.5. The van der Waals surface area contributed by atoms with Crippen LogP contribution in [0, 0.1) is 0 Å². The third-order valence-electron chi connectivity index (χ3n) is 6.23. The smallest absolute Gasteiger partial charge is 0.317 e. The lowest BCUT2D eigenvalue weighted by molar-refractivity contribution is 0.0489. The molecule has 0 saturated carbocycles. The lowest BCUT2D eigenvalue weighted by atomic mass is 9.74. The second-order valence-electron chi connectivity index (χ2n) is 8.05. The van der Waals surface area contributed by atoms with Gasteiger partial charge in [-0.15, -0.1) is 0 Å². The zero-order valence-electron chi connectivity index (χ0n) is 17.0. The van der Waals surface area contributed by atoms with E-state index in [2.05, 4.69) is 31.3 Å². The van der Waals surface area contributed by atoms with Gasteiger partial charge >= 0.3 is 6.03 Å². The summed E-state index contributed by atoms with van der Waals surface area (Å²) in [7, 11) is 0. The van der Waals surface area contributed by atoms with Crippen LogP contribution in [0.3, 0.4) is 0 Å². The van der Waals surface area contributed by atoms with Crippen LogP contribution in [0.2, 0.25) is 0 Å². The molecule has 1 aromatic carbocycles. The number of rotatable bonds is 5. The number of urea groups is 1. The Balaban J connectivity index is 1.72. The third-order valence-corrected chi connectivity index (χ3v) is 6.23. The Hall–Kier alpha value is -1.75. The monoisotopic (exact) mass is 374 g/mol. The normalized spacial score (nSPS) is 25.1. The third kappa shape index (κ3) is 4.57. The molecule has 0 spiro atoms. The first-order valence-corrected chi connectivity index (χ1v) is 10.4. The molecule has 150 valence electrons. The van der Waals surface area contributed by atoms with E-state index >= 15 is 0 Å². The fourth-order valence-electron chi connectivity index (χ4n) is 4.56. The van der Waals surface area contributed by atoms with Crippen molar-refractivity contribution in [3.8, 4) is 5.75 Å². The van der Waals surface area contributed by atoms with Gasteiger partial charge < -0.3 is 19.7 Å². The van der Waals surface area contributed by atoms with Gasteiger partial charge in [-0.2, -0.15) is 0 Å². The summed E-state index contributed by atoms with van der Waals surface area (Å²) >= 11 is 0. The van der Waals surface area contributed by atoms with Crippen LogP contribution in [-0.4, -0.2) is 49.4 Å². The van der Waals surface area contributed by atoms with Gasteiger partial charge in [-0.25, -0.2) is 4.79 Å². The van der Waals surface area contributed by atoms with Crippen molar-refractivity contribution in [2.75, 3.05) is 26.4 Å². The van der Waals surface area contributed by atoms with Gasteiger partial charge in [0.15, 0.2) is 0 Å². The second-order valence-corrected chi connectivity index (χ2v) is 8.05. The van der Waals surface area contributed by atoms with Crippen LogP contribution in [0.15, 0.2) is 24.3 Å². The van der Waals surface area contributed by atoms with Gasteiger partial charge in [-0.1, -0.05) is 12.1 Å². The van der Waals surface area contributed by atoms with E-state index in [0.717, 1.165) is 44.6 Å². The molecule has 0 radical (unpaired) electrons. The summed E-state index contributed by atoms with van der Waals surface area (Å²) in [4.78, 5) is 15.0. The predicted molar refractivity (Wildman–Crippen MR) is 107 cm³/mol. The largest absolute Gasteiger partial charge is 0.494 e. The van der Waals surface area contributed by atoms with E-state index in [1.165, 1.54) is 12.0 Å². The highest BCUT2D eigenvalue weighted by molar-refractivity contribution is 5.75. The first kappa shape index (κ1) is 20.0. The highest BCUT2D eigenvalue weighted by Crippen LogP contribution is 2.35. The Kier molecular flexibility index (Phi) is 6.64. The predicted octanol–water partition coefficient (Wildman–Crippen LogP) is 4.11. The average Bonchev–Trinajstić information content (AvgIpc) is 2.68. The molecule has 1 N–H and O–H groups in total. The van der Waals surface area contributed by atoms with E-state index in [1.807, 2.05) is 24.0 Å². The molecule has 0 bridgehead atoms. The van der Waals surface area contributed by atoms with Crippen molar-refractivity contribution in [2.24, 2.45) is 0 Å². The molecule has 2 amide bonds. The van der Waals surface area contributed by atoms with Crippen molar-refractivity contribution >= 4 is 6.03 Å². The molecule has 3 rings (SSSR count). The minimum atomic E-state index is -0.0685. The molecule has 0 aliphatic carbocycles. The molecule has 2 saturated heterocycles. The van der Waals surface area contributed by atoms with Crippen LogP contribution in [0.5, 0.6) is 5.75 Å². The van der Waals surface area contributed by atoms with Crippen LogP contribution in [-0.2, 0) is 10.2 Å². The van der Waals surface area contributed by atoms with Gasteiger partial charge in [0, 0.05) is 37.3 Å². The molecule has 2 aliphatic heterocycles. The molecular weight excluding hydrogens is 340 g/mol. The number of carbonyl (C=O) groups excluding carboxylic acids is 1. The zero-order valence-corrected chi connectivity index (χ0v) is 17.0. The molecule has 0 unspecified atom stereocenters. The quantitative estimate of drug-likeness (QED) is 0.844. The number of ether oxygens (including phenoxy) is 2. The summed E-state index contributed by atoms with van der Waals surface area (Å²) in [6, 6.07) is 9.06. The first-order chi connectivity index (χ1) is 13.1. The van der Waals surface area contributed by atoms with E-state index in [0.29, 0.717) is 25.2 Å². The molecule has 2 heterocycles. The van der Waals surface area contributed by atoms with Crippen molar-refractivity contribution in [3.63, 3.8) is 0 Å². The Morgan fingerprint density at radius 1 is 1.19 bits per heavy atom. The number of benzene rings is 1. The summed E-state index contributed by atoms with van der Waals surface area (Å²) in [5.74, 6) is 0.892. The van der Waals surface area contributed by atoms with Gasteiger partial charge in [0.1, 0.15) is 5.75 Å². The Labute approximate surface area is 163 Å². The summed E-state index contributed by atoms with van der Waals surface area (Å²) in [6.07, 6.45) is 5.24. The number of hydrogen-bond acceptors (Lipinski definition) is 3. The van der Waals surface area contributed by atoms with Crippen LogP contribution < -0.4 is 10.1 Å². The van der Waals surface area contributed by atoms with Gasteiger partial charge in [0.2, 0.25) is 0 Å². The van der Waals surface area contributed by atoms with E-state index in [9.17, 15) is 4.79 Å². The molecule has 5 nitrogen and oxygen atoms in total. The number of nitrogens with zero attached hydrogens (tertiary/aromatic N) is 1. The van der Waals surface area contributed by atoms with Crippen molar-refractivity contribution < 1.29 is 14.3 Å². The maximum Gasteiger partial charge on any atom is 0.317 e. The lowest BCUT2D eigenvalue weighted by Gasteiger charge is -2.41. The molecule has 27 heavy (non-hydrogen) atoms. The fourth-order valence-corrected chi connectivity index (χ4v) is 4.56. The van der Waals surface area contributed by atoms with Crippen molar-refractivity contribution in [2.45, 2.75) is 70.4 Å². The minimum Gasteiger partial charge on any atom is -0.494 e. The SMILES string of the molecule is CCOc1ccc(C2(CNC(=O)N3[C@H](C)CCC[C@H]3C)CCOCC2)cc1. The first-order valence-electron chi connectivity index (χ1n) is 10.4. The minimum absolute atomic E-state index is 0.0685. The van der Waals surface area contributed by atoms with E-state index in [-0.39, 0.29) is 11.4 Å². The fraction of sp³-hybridized carbons (Fsp3) is 0.682. The Bertz CT molecular complexity index is 600. The van der Waals surface area contributed by atoms with Gasteiger partial charge in [0.25, 0.3) is 0 Å².